The minimum absolute atomic E-state index is 0.235. The monoisotopic (exact) mass is 420 g/mol. The van der Waals surface area contributed by atoms with Gasteiger partial charge in [-0.05, 0) is 64.4 Å². The number of halogens is 1. The minimum atomic E-state index is -1.23. The highest BCUT2D eigenvalue weighted by atomic mass is 35.5. The number of hydrogen-bond acceptors (Lipinski definition) is 6. The number of carbonyl (C=O) groups is 1. The van der Waals surface area contributed by atoms with Gasteiger partial charge in [0.15, 0.2) is 17.5 Å². The molecule has 0 aliphatic heterocycles. The zero-order chi connectivity index (χ0) is 20.6. The van der Waals surface area contributed by atoms with Crippen LogP contribution in [0.1, 0.15) is 43.1 Å². The van der Waals surface area contributed by atoms with Gasteiger partial charge in [0.1, 0.15) is 10.6 Å². The van der Waals surface area contributed by atoms with E-state index in [1.807, 2.05) is 13.8 Å². The molecular weight excluding hydrogens is 400 g/mol. The zero-order valence-corrected chi connectivity index (χ0v) is 17.8. The Morgan fingerprint density at radius 2 is 1.89 bits per heavy atom. The molecule has 0 aliphatic rings. The van der Waals surface area contributed by atoms with E-state index in [9.17, 15) is 9.59 Å². The molecular formula is C20H21ClN2O4S. The lowest BCUT2D eigenvalue weighted by Gasteiger charge is -2.26. The van der Waals surface area contributed by atoms with E-state index in [-0.39, 0.29) is 5.56 Å². The first kappa shape index (κ1) is 20.4. The van der Waals surface area contributed by atoms with E-state index >= 15 is 0 Å². The summed E-state index contributed by atoms with van der Waals surface area (Å²) >= 11 is 7.31. The smallest absolute Gasteiger partial charge is 0.350 e. The topological polar surface area (TPSA) is 81.3 Å². The summed E-state index contributed by atoms with van der Waals surface area (Å²) in [6.45, 7) is 8.73. The van der Waals surface area contributed by atoms with Crippen LogP contribution < -0.4 is 10.3 Å². The van der Waals surface area contributed by atoms with Crippen molar-refractivity contribution >= 4 is 39.1 Å². The Labute approximate surface area is 171 Å². The van der Waals surface area contributed by atoms with Gasteiger partial charge in [0, 0.05) is 9.90 Å². The Hall–Kier alpha value is -2.38. The van der Waals surface area contributed by atoms with E-state index in [0.29, 0.717) is 26.8 Å². The first-order chi connectivity index (χ1) is 13.1. The maximum Gasteiger partial charge on any atom is 0.350 e. The van der Waals surface area contributed by atoms with E-state index < -0.39 is 17.7 Å². The number of ether oxygens (including phenoxy) is 2. The lowest BCUT2D eigenvalue weighted by atomic mass is 10.1. The van der Waals surface area contributed by atoms with Gasteiger partial charge in [0.05, 0.1) is 5.39 Å². The third-order valence-electron chi connectivity index (χ3n) is 4.40. The standard InChI is InChI=1S/C20H21ClN2O4S/c1-10-12(3)28-18-15(10)17(24)22-16(23-18)11(2)26-19(25)20(4,5)27-14-8-6-13(21)7-9-14/h6-9,11H,1-5H3,(H,22,23,24)/t11-/m0/s1. The van der Waals surface area contributed by atoms with Gasteiger partial charge < -0.3 is 14.5 Å². The van der Waals surface area contributed by atoms with Gasteiger partial charge in [0.25, 0.3) is 5.56 Å². The van der Waals surface area contributed by atoms with Crippen molar-refractivity contribution in [3.05, 3.63) is 55.9 Å². The summed E-state index contributed by atoms with van der Waals surface area (Å²) in [6.07, 6.45) is -0.736. The maximum absolute atomic E-state index is 12.6. The van der Waals surface area contributed by atoms with Crippen molar-refractivity contribution in [3.8, 4) is 5.75 Å². The van der Waals surface area contributed by atoms with Crippen molar-refractivity contribution in [1.29, 1.82) is 0 Å². The third-order valence-corrected chi connectivity index (χ3v) is 5.76. The van der Waals surface area contributed by atoms with E-state index in [0.717, 1.165) is 10.4 Å². The minimum Gasteiger partial charge on any atom is -0.476 e. The van der Waals surface area contributed by atoms with E-state index in [4.69, 9.17) is 21.1 Å². The number of benzene rings is 1. The summed E-state index contributed by atoms with van der Waals surface area (Å²) in [6, 6.07) is 6.70. The molecule has 2 heterocycles. The van der Waals surface area contributed by atoms with Crippen molar-refractivity contribution in [2.24, 2.45) is 0 Å². The lowest BCUT2D eigenvalue weighted by Crippen LogP contribution is -2.40. The first-order valence-corrected chi connectivity index (χ1v) is 9.93. The summed E-state index contributed by atoms with van der Waals surface area (Å²) < 4.78 is 11.3. The molecule has 0 bridgehead atoms. The molecule has 6 nitrogen and oxygen atoms in total. The summed E-state index contributed by atoms with van der Waals surface area (Å²) in [5.41, 5.74) is -0.549. The number of nitrogens with one attached hydrogen (secondary N) is 1. The highest BCUT2D eigenvalue weighted by molar-refractivity contribution is 7.18. The van der Waals surface area contributed by atoms with Gasteiger partial charge in [-0.2, -0.15) is 0 Å². The molecule has 1 N–H and O–H groups in total. The molecule has 3 rings (SSSR count). The molecule has 0 saturated carbocycles. The molecule has 0 saturated heterocycles. The summed E-state index contributed by atoms with van der Waals surface area (Å²) in [5.74, 6) is 0.224. The molecule has 2 aromatic heterocycles. The fourth-order valence-corrected chi connectivity index (χ4v) is 3.82. The molecule has 0 amide bonds. The number of nitrogens with zero attached hydrogens (tertiary/aromatic N) is 1. The molecule has 3 aromatic rings. The van der Waals surface area contributed by atoms with E-state index in [1.165, 1.54) is 11.3 Å². The SMILES string of the molecule is Cc1sc2nc([C@H](C)OC(=O)C(C)(C)Oc3ccc(Cl)cc3)[nH]c(=O)c2c1C. The van der Waals surface area contributed by atoms with Gasteiger partial charge in [0.2, 0.25) is 0 Å². The second kappa shape index (κ2) is 7.56. The normalized spacial score (nSPS) is 12.8. The lowest BCUT2D eigenvalue weighted by molar-refractivity contribution is -0.164. The largest absolute Gasteiger partial charge is 0.476 e. The average Bonchev–Trinajstić information content (AvgIpc) is 2.91. The van der Waals surface area contributed by atoms with E-state index in [1.54, 1.807) is 45.0 Å². The number of fused-ring (bicyclic) bond motifs is 1. The average molecular weight is 421 g/mol. The van der Waals surface area contributed by atoms with Gasteiger partial charge >= 0.3 is 5.97 Å². The molecule has 0 spiro atoms. The third kappa shape index (κ3) is 4.05. The van der Waals surface area contributed by atoms with Crippen LogP contribution in [-0.2, 0) is 9.53 Å². The number of aryl methyl sites for hydroxylation is 2. The maximum atomic E-state index is 12.6. The Morgan fingerprint density at radius 3 is 2.54 bits per heavy atom. The van der Waals surface area contributed by atoms with Crippen LogP contribution in [0.3, 0.4) is 0 Å². The number of esters is 1. The molecule has 148 valence electrons. The van der Waals surface area contributed by atoms with Crippen molar-refractivity contribution in [3.63, 3.8) is 0 Å². The van der Waals surface area contributed by atoms with Crippen molar-refractivity contribution in [2.75, 3.05) is 0 Å². The summed E-state index contributed by atoms with van der Waals surface area (Å²) in [5, 5.41) is 1.15. The Kier molecular flexibility index (Phi) is 5.50. The van der Waals surface area contributed by atoms with Crippen LogP contribution in [0.25, 0.3) is 10.2 Å². The first-order valence-electron chi connectivity index (χ1n) is 8.74. The van der Waals surface area contributed by atoms with Gasteiger partial charge in [-0.15, -0.1) is 11.3 Å². The van der Waals surface area contributed by atoms with Crippen molar-refractivity contribution < 1.29 is 14.3 Å². The predicted octanol–water partition coefficient (Wildman–Crippen LogP) is 4.72. The van der Waals surface area contributed by atoms with Crippen LogP contribution in [0.2, 0.25) is 5.02 Å². The molecule has 28 heavy (non-hydrogen) atoms. The number of rotatable bonds is 5. The van der Waals surface area contributed by atoms with Crippen LogP contribution in [0, 0.1) is 13.8 Å². The molecule has 0 aliphatic carbocycles. The molecule has 1 atom stereocenters. The second-order valence-electron chi connectivity index (χ2n) is 7.03. The van der Waals surface area contributed by atoms with Crippen molar-refractivity contribution in [1.82, 2.24) is 9.97 Å². The quantitative estimate of drug-likeness (QED) is 0.604. The highest BCUT2D eigenvalue weighted by Gasteiger charge is 2.34. The van der Waals surface area contributed by atoms with Crippen LogP contribution in [-0.4, -0.2) is 21.5 Å². The summed E-state index contributed by atoms with van der Waals surface area (Å²) in [4.78, 5) is 33.9. The molecule has 8 heteroatoms. The number of thiophene rings is 1. The number of H-pyrrole nitrogens is 1. The van der Waals surface area contributed by atoms with Crippen LogP contribution in [0.4, 0.5) is 0 Å². The fourth-order valence-electron chi connectivity index (χ4n) is 2.66. The Morgan fingerprint density at radius 1 is 1.25 bits per heavy atom. The summed E-state index contributed by atoms with van der Waals surface area (Å²) in [7, 11) is 0. The highest BCUT2D eigenvalue weighted by Crippen LogP contribution is 2.28. The van der Waals surface area contributed by atoms with E-state index in [2.05, 4.69) is 9.97 Å². The molecule has 0 unspecified atom stereocenters. The van der Waals surface area contributed by atoms with Crippen LogP contribution >= 0.6 is 22.9 Å². The van der Waals surface area contributed by atoms with Crippen LogP contribution in [0.15, 0.2) is 29.1 Å². The Balaban J connectivity index is 1.78. The predicted molar refractivity (Wildman–Crippen MR) is 110 cm³/mol. The molecule has 1 aromatic carbocycles. The Bertz CT molecular complexity index is 1090. The van der Waals surface area contributed by atoms with Gasteiger partial charge in [-0.25, -0.2) is 9.78 Å². The van der Waals surface area contributed by atoms with Gasteiger partial charge in [-0.3, -0.25) is 4.79 Å². The van der Waals surface area contributed by atoms with Crippen LogP contribution in [0.5, 0.6) is 5.75 Å². The second-order valence-corrected chi connectivity index (χ2v) is 8.67. The number of carbonyl (C=O) groups excluding carboxylic acids is 1. The zero-order valence-electron chi connectivity index (χ0n) is 16.3. The number of aromatic amines is 1. The molecule has 0 radical (unpaired) electrons. The number of hydrogen-bond donors (Lipinski definition) is 1. The fraction of sp³-hybridized carbons (Fsp3) is 0.350. The van der Waals surface area contributed by atoms with Crippen molar-refractivity contribution in [2.45, 2.75) is 46.3 Å². The molecule has 0 fully saturated rings. The number of aromatic nitrogens is 2. The van der Waals surface area contributed by atoms with Gasteiger partial charge in [-0.1, -0.05) is 11.6 Å².